The van der Waals surface area contributed by atoms with Gasteiger partial charge in [-0.05, 0) is 85.4 Å². The summed E-state index contributed by atoms with van der Waals surface area (Å²) in [5.74, 6) is -1.92. The van der Waals surface area contributed by atoms with E-state index in [4.69, 9.17) is 12.2 Å². The largest absolute Gasteiger partial charge is 0.326 e. The highest BCUT2D eigenvalue weighted by Crippen LogP contribution is 2.27. The van der Waals surface area contributed by atoms with E-state index >= 15 is 0 Å². The lowest BCUT2D eigenvalue weighted by Gasteiger charge is -2.24. The van der Waals surface area contributed by atoms with E-state index in [0.29, 0.717) is 16.9 Å². The maximum atomic E-state index is 13.5. The van der Waals surface area contributed by atoms with E-state index in [1.54, 1.807) is 36.4 Å². The molecule has 178 valence electrons. The third kappa shape index (κ3) is 5.55. The number of nitrogens with one attached hydrogen (secondary N) is 2. The van der Waals surface area contributed by atoms with Crippen LogP contribution in [0.2, 0.25) is 0 Å². The van der Waals surface area contributed by atoms with Gasteiger partial charge in [-0.15, -0.1) is 0 Å². The van der Waals surface area contributed by atoms with Gasteiger partial charge in [-0.1, -0.05) is 28.1 Å². The Hall–Kier alpha value is -3.63. The normalized spacial score (nSPS) is 15.3. The first-order valence-corrected chi connectivity index (χ1v) is 11.8. The molecule has 1 heterocycles. The van der Waals surface area contributed by atoms with Crippen molar-refractivity contribution in [3.05, 3.63) is 94.2 Å². The minimum absolute atomic E-state index is 0.0274. The minimum Gasteiger partial charge on any atom is -0.326 e. The summed E-state index contributed by atoms with van der Waals surface area (Å²) in [4.78, 5) is 40.3. The standard InChI is InChI=1S/C25H20BrFN4O3S/c1-15-3-2-4-19(13-15)28-22(32)14-21-24(34)30(20-11-9-18(27)10-12-20)25(35)31(21)29-23(33)16-5-7-17(26)8-6-16/h2-13,21H,14H2,1H3,(H,28,32)(H,29,33). The Morgan fingerprint density at radius 2 is 1.74 bits per heavy atom. The molecule has 1 fully saturated rings. The highest BCUT2D eigenvalue weighted by atomic mass is 79.9. The Morgan fingerprint density at radius 3 is 2.40 bits per heavy atom. The second kappa shape index (κ2) is 10.3. The van der Waals surface area contributed by atoms with Crippen LogP contribution in [0.15, 0.2) is 77.3 Å². The lowest BCUT2D eigenvalue weighted by molar-refractivity contribution is -0.124. The van der Waals surface area contributed by atoms with Crippen molar-refractivity contribution in [2.75, 3.05) is 10.2 Å². The van der Waals surface area contributed by atoms with Gasteiger partial charge in [-0.3, -0.25) is 24.7 Å². The van der Waals surface area contributed by atoms with Gasteiger partial charge in [0.2, 0.25) is 11.0 Å². The molecule has 0 spiro atoms. The summed E-state index contributed by atoms with van der Waals surface area (Å²) in [6.45, 7) is 1.90. The third-order valence-corrected chi connectivity index (χ3v) is 6.22. The van der Waals surface area contributed by atoms with Crippen LogP contribution in [-0.2, 0) is 9.59 Å². The lowest BCUT2D eigenvalue weighted by Crippen LogP contribution is -2.49. The maximum absolute atomic E-state index is 13.5. The molecule has 3 aromatic rings. The van der Waals surface area contributed by atoms with Crippen molar-refractivity contribution in [2.24, 2.45) is 0 Å². The number of rotatable bonds is 6. The summed E-state index contributed by atoms with van der Waals surface area (Å²) in [5.41, 5.74) is 4.87. The van der Waals surface area contributed by atoms with Gasteiger partial charge in [0.15, 0.2) is 0 Å². The van der Waals surface area contributed by atoms with Crippen LogP contribution in [-0.4, -0.2) is 33.9 Å². The van der Waals surface area contributed by atoms with Crippen LogP contribution in [0.1, 0.15) is 22.3 Å². The molecule has 3 aromatic carbocycles. The molecule has 1 unspecified atom stereocenters. The number of amides is 3. The number of carbonyl (C=O) groups is 3. The zero-order valence-electron chi connectivity index (χ0n) is 18.5. The molecule has 1 aliphatic heterocycles. The van der Waals surface area contributed by atoms with Crippen LogP contribution >= 0.6 is 28.1 Å². The summed E-state index contributed by atoms with van der Waals surface area (Å²) < 4.78 is 14.3. The molecule has 0 saturated carbocycles. The fourth-order valence-corrected chi connectivity index (χ4v) is 4.25. The molecule has 1 atom stereocenters. The Bertz CT molecular complexity index is 1300. The van der Waals surface area contributed by atoms with Crippen molar-refractivity contribution >= 4 is 62.4 Å². The SMILES string of the molecule is Cc1cccc(NC(=O)CC2C(=O)N(c3ccc(F)cc3)C(=S)N2NC(=O)c2ccc(Br)cc2)c1. The van der Waals surface area contributed by atoms with Gasteiger partial charge in [0.25, 0.3) is 11.8 Å². The predicted octanol–water partition coefficient (Wildman–Crippen LogP) is 4.57. The molecule has 7 nitrogen and oxygen atoms in total. The fourth-order valence-electron chi connectivity index (χ4n) is 3.61. The van der Waals surface area contributed by atoms with Crippen LogP contribution in [0.3, 0.4) is 0 Å². The second-order valence-corrected chi connectivity index (χ2v) is 9.17. The number of hydrazine groups is 1. The molecule has 35 heavy (non-hydrogen) atoms. The monoisotopic (exact) mass is 554 g/mol. The van der Waals surface area contributed by atoms with Gasteiger partial charge in [0.1, 0.15) is 11.9 Å². The summed E-state index contributed by atoms with van der Waals surface area (Å²) in [7, 11) is 0. The highest BCUT2D eigenvalue weighted by Gasteiger charge is 2.45. The van der Waals surface area contributed by atoms with Crippen LogP contribution in [0.25, 0.3) is 0 Å². The highest BCUT2D eigenvalue weighted by molar-refractivity contribution is 9.10. The first kappa shape index (κ1) is 24.5. The van der Waals surface area contributed by atoms with E-state index in [1.165, 1.54) is 34.2 Å². The molecular formula is C25H20BrFN4O3S. The van der Waals surface area contributed by atoms with Gasteiger partial charge in [-0.2, -0.15) is 0 Å². The van der Waals surface area contributed by atoms with Crippen molar-refractivity contribution < 1.29 is 18.8 Å². The molecule has 1 saturated heterocycles. The first-order valence-electron chi connectivity index (χ1n) is 10.6. The van der Waals surface area contributed by atoms with Gasteiger partial charge >= 0.3 is 0 Å². The van der Waals surface area contributed by atoms with E-state index in [1.807, 2.05) is 19.1 Å². The van der Waals surface area contributed by atoms with Gasteiger partial charge in [0.05, 0.1) is 12.1 Å². The smallest absolute Gasteiger partial charge is 0.269 e. The van der Waals surface area contributed by atoms with Crippen LogP contribution in [0, 0.1) is 12.7 Å². The minimum atomic E-state index is -1.10. The van der Waals surface area contributed by atoms with E-state index in [0.717, 1.165) is 10.0 Å². The van der Waals surface area contributed by atoms with Crippen LogP contribution < -0.4 is 15.6 Å². The molecule has 4 rings (SSSR count). The van der Waals surface area contributed by atoms with E-state index in [9.17, 15) is 18.8 Å². The molecule has 10 heteroatoms. The molecule has 0 bridgehead atoms. The topological polar surface area (TPSA) is 81.8 Å². The van der Waals surface area contributed by atoms with Gasteiger partial charge in [0, 0.05) is 15.7 Å². The van der Waals surface area contributed by atoms with Crippen LogP contribution in [0.5, 0.6) is 0 Å². The maximum Gasteiger partial charge on any atom is 0.269 e. The molecule has 0 aromatic heterocycles. The predicted molar refractivity (Wildman–Crippen MR) is 138 cm³/mol. The number of benzene rings is 3. The Labute approximate surface area is 215 Å². The first-order chi connectivity index (χ1) is 16.7. The van der Waals surface area contributed by atoms with E-state index in [-0.39, 0.29) is 11.5 Å². The molecule has 1 aliphatic rings. The third-order valence-electron chi connectivity index (χ3n) is 5.31. The lowest BCUT2D eigenvalue weighted by atomic mass is 10.1. The second-order valence-electron chi connectivity index (χ2n) is 7.89. The Kier molecular flexibility index (Phi) is 7.23. The Morgan fingerprint density at radius 1 is 1.06 bits per heavy atom. The zero-order valence-corrected chi connectivity index (χ0v) is 20.9. The number of halogens is 2. The van der Waals surface area contributed by atoms with Gasteiger partial charge < -0.3 is 5.32 Å². The van der Waals surface area contributed by atoms with Crippen molar-refractivity contribution in [2.45, 2.75) is 19.4 Å². The summed E-state index contributed by atoms with van der Waals surface area (Å²) in [6.07, 6.45) is -0.273. The van der Waals surface area contributed by atoms with E-state index in [2.05, 4.69) is 26.7 Å². The number of hydrogen-bond donors (Lipinski definition) is 2. The average Bonchev–Trinajstić information content (AvgIpc) is 3.04. The van der Waals surface area contributed by atoms with Crippen molar-refractivity contribution in [3.63, 3.8) is 0 Å². The number of hydrogen-bond acceptors (Lipinski definition) is 4. The molecular weight excluding hydrogens is 535 g/mol. The number of anilines is 2. The van der Waals surface area contributed by atoms with Crippen molar-refractivity contribution in [1.82, 2.24) is 10.4 Å². The van der Waals surface area contributed by atoms with E-state index < -0.39 is 29.6 Å². The molecule has 0 aliphatic carbocycles. The quantitative estimate of drug-likeness (QED) is 0.436. The summed E-state index contributed by atoms with van der Waals surface area (Å²) in [5, 5.41) is 3.95. The summed E-state index contributed by atoms with van der Waals surface area (Å²) >= 11 is 8.82. The fraction of sp³-hybridized carbons (Fsp3) is 0.120. The number of nitrogens with zero attached hydrogens (tertiary/aromatic N) is 2. The Balaban J connectivity index is 1.60. The average molecular weight is 555 g/mol. The molecule has 0 radical (unpaired) electrons. The van der Waals surface area contributed by atoms with Crippen molar-refractivity contribution in [3.8, 4) is 0 Å². The molecule has 3 amide bonds. The van der Waals surface area contributed by atoms with Crippen molar-refractivity contribution in [1.29, 1.82) is 0 Å². The van der Waals surface area contributed by atoms with Crippen LogP contribution in [0.4, 0.5) is 15.8 Å². The van der Waals surface area contributed by atoms with Gasteiger partial charge in [-0.25, -0.2) is 9.40 Å². The zero-order chi connectivity index (χ0) is 25.1. The number of thiocarbonyl (C=S) groups is 1. The number of aryl methyl sites for hydroxylation is 1. The summed E-state index contributed by atoms with van der Waals surface area (Å²) in [6, 6.07) is 18.0. The molecule has 2 N–H and O–H groups in total. The number of carbonyl (C=O) groups excluding carboxylic acids is 3.